The largest absolute Gasteiger partial charge is 0.490 e. The number of nitrogens with two attached hydrogens (primary N) is 2. The number of pyridine rings is 1. The fraction of sp³-hybridized carbons (Fsp3) is 0.577. The number of ether oxygens (including phenoxy) is 2. The van der Waals surface area contributed by atoms with Crippen LogP contribution in [0.2, 0.25) is 0 Å². The first-order chi connectivity index (χ1) is 18.0. The van der Waals surface area contributed by atoms with Crippen LogP contribution < -0.4 is 21.5 Å². The van der Waals surface area contributed by atoms with E-state index in [2.05, 4.69) is 15.2 Å². The van der Waals surface area contributed by atoms with Crippen LogP contribution in [0.3, 0.4) is 0 Å². The first-order valence-corrected chi connectivity index (χ1v) is 14.0. The molecule has 198 valence electrons. The molecule has 10 nitrogen and oxygen atoms in total. The Hall–Kier alpha value is -2.73. The molecule has 2 aliphatic carbocycles. The number of primary amides is 1. The fourth-order valence-electron chi connectivity index (χ4n) is 6.06. The normalized spacial score (nSPS) is 25.2. The van der Waals surface area contributed by atoms with Crippen molar-refractivity contribution < 1.29 is 18.7 Å². The number of amides is 1. The van der Waals surface area contributed by atoms with Gasteiger partial charge in [0, 0.05) is 30.1 Å². The molecule has 0 aromatic carbocycles. The summed E-state index contributed by atoms with van der Waals surface area (Å²) in [5.41, 5.74) is 12.8. The molecule has 3 aromatic rings. The van der Waals surface area contributed by atoms with Crippen molar-refractivity contribution in [2.45, 2.75) is 69.1 Å². The predicted octanol–water partition coefficient (Wildman–Crippen LogP) is 3.28. The lowest BCUT2D eigenvalue weighted by Crippen LogP contribution is -2.46. The van der Waals surface area contributed by atoms with E-state index in [1.807, 2.05) is 6.07 Å². The summed E-state index contributed by atoms with van der Waals surface area (Å²) in [6.07, 6.45) is 9.96. The summed E-state index contributed by atoms with van der Waals surface area (Å²) in [6, 6.07) is 2.29. The first-order valence-electron chi connectivity index (χ1n) is 13.2. The minimum atomic E-state index is -0.662. The molecule has 3 aliphatic rings. The lowest BCUT2D eigenvalue weighted by atomic mass is 9.91. The quantitative estimate of drug-likeness (QED) is 0.403. The number of rotatable bonds is 8. The number of hydrogen-bond acceptors (Lipinski definition) is 10. The Bertz CT molecular complexity index is 1230. The van der Waals surface area contributed by atoms with Crippen molar-refractivity contribution in [3.63, 3.8) is 0 Å². The van der Waals surface area contributed by atoms with Crippen LogP contribution in [0.4, 0.5) is 11.8 Å². The van der Waals surface area contributed by atoms with Crippen molar-refractivity contribution in [3.8, 4) is 5.75 Å². The number of fused-ring (bicyclic) bond motifs is 3. The van der Waals surface area contributed by atoms with Gasteiger partial charge in [-0.3, -0.25) is 15.0 Å². The average molecular weight is 527 g/mol. The number of oxazole rings is 1. The van der Waals surface area contributed by atoms with E-state index in [4.69, 9.17) is 30.3 Å². The molecule has 0 radical (unpaired) electrons. The van der Waals surface area contributed by atoms with E-state index in [0.717, 1.165) is 80.8 Å². The van der Waals surface area contributed by atoms with E-state index < -0.39 is 11.9 Å². The Balaban J connectivity index is 1.27. The number of anilines is 2. The minimum absolute atomic E-state index is 0.140. The van der Waals surface area contributed by atoms with Crippen molar-refractivity contribution >= 4 is 39.3 Å². The number of thiophene rings is 1. The van der Waals surface area contributed by atoms with Crippen molar-refractivity contribution in [3.05, 3.63) is 29.0 Å². The van der Waals surface area contributed by atoms with Crippen LogP contribution in [0.25, 0.3) is 10.2 Å². The first kappa shape index (κ1) is 24.6. The topological polar surface area (TPSA) is 142 Å². The fourth-order valence-corrected chi connectivity index (χ4v) is 7.35. The molecule has 3 aromatic heterocycles. The maximum atomic E-state index is 11.7. The van der Waals surface area contributed by atoms with Gasteiger partial charge in [0.15, 0.2) is 0 Å². The van der Waals surface area contributed by atoms with Crippen LogP contribution in [0.1, 0.15) is 54.9 Å². The molecule has 11 heteroatoms. The molecule has 1 saturated heterocycles. The molecule has 0 bridgehead atoms. The number of hydrogen-bond donors (Lipinski definition) is 3. The lowest BCUT2D eigenvalue weighted by Gasteiger charge is -2.38. The van der Waals surface area contributed by atoms with Crippen LogP contribution in [-0.4, -0.2) is 65.3 Å². The van der Waals surface area contributed by atoms with Crippen molar-refractivity contribution in [2.75, 3.05) is 31.6 Å². The van der Waals surface area contributed by atoms with Gasteiger partial charge in [0.05, 0.1) is 36.9 Å². The van der Waals surface area contributed by atoms with E-state index in [0.29, 0.717) is 24.3 Å². The maximum Gasteiger partial charge on any atom is 0.300 e. The number of aryl methyl sites for hydroxylation is 1. The molecule has 5 N–H and O–H groups in total. The summed E-state index contributed by atoms with van der Waals surface area (Å²) in [7, 11) is 0. The molecule has 2 fully saturated rings. The van der Waals surface area contributed by atoms with E-state index in [-0.39, 0.29) is 12.0 Å². The zero-order chi connectivity index (χ0) is 25.4. The summed E-state index contributed by atoms with van der Waals surface area (Å²) in [4.78, 5) is 25.5. The number of morpholine rings is 1. The third kappa shape index (κ3) is 5.18. The number of carbonyl (C=O) groups excluding carboxylic acids is 1. The Morgan fingerprint density at radius 2 is 2.05 bits per heavy atom. The van der Waals surface area contributed by atoms with Gasteiger partial charge in [-0.2, -0.15) is 0 Å². The molecule has 4 heterocycles. The van der Waals surface area contributed by atoms with Crippen LogP contribution in [0.5, 0.6) is 5.75 Å². The van der Waals surface area contributed by atoms with Crippen LogP contribution in [-0.2, 0) is 16.0 Å². The highest BCUT2D eigenvalue weighted by Gasteiger charge is 2.33. The van der Waals surface area contributed by atoms with Gasteiger partial charge in [0.2, 0.25) is 5.91 Å². The third-order valence-corrected chi connectivity index (χ3v) is 9.10. The second-order valence-corrected chi connectivity index (χ2v) is 11.3. The molecular formula is C26H34N6O4S. The second kappa shape index (κ2) is 10.6. The Morgan fingerprint density at radius 1 is 1.24 bits per heavy atom. The van der Waals surface area contributed by atoms with Crippen molar-refractivity contribution in [1.82, 2.24) is 14.9 Å². The Kier molecular flexibility index (Phi) is 7.02. The molecule has 0 unspecified atom stereocenters. The highest BCUT2D eigenvalue weighted by atomic mass is 32.1. The predicted molar refractivity (Wildman–Crippen MR) is 141 cm³/mol. The monoisotopic (exact) mass is 526 g/mol. The van der Waals surface area contributed by atoms with E-state index in [1.165, 1.54) is 16.7 Å². The Labute approximate surface area is 219 Å². The number of nitrogens with zero attached hydrogens (tertiary/aromatic N) is 3. The zero-order valence-corrected chi connectivity index (χ0v) is 21.7. The van der Waals surface area contributed by atoms with Gasteiger partial charge in [0.25, 0.3) is 6.01 Å². The average Bonchev–Trinajstić information content (AvgIpc) is 3.63. The zero-order valence-electron chi connectivity index (χ0n) is 20.9. The lowest BCUT2D eigenvalue weighted by molar-refractivity contribution is -0.119. The van der Waals surface area contributed by atoms with E-state index in [9.17, 15) is 4.79 Å². The molecule has 1 saturated carbocycles. The van der Waals surface area contributed by atoms with Gasteiger partial charge in [-0.05, 0) is 56.4 Å². The molecule has 2 atom stereocenters. The highest BCUT2D eigenvalue weighted by Crippen LogP contribution is 2.49. The third-order valence-electron chi connectivity index (χ3n) is 7.94. The molecular weight excluding hydrogens is 492 g/mol. The minimum Gasteiger partial charge on any atom is -0.490 e. The smallest absolute Gasteiger partial charge is 0.300 e. The molecule has 1 aliphatic heterocycles. The molecule has 0 spiro atoms. The van der Waals surface area contributed by atoms with Gasteiger partial charge < -0.3 is 25.4 Å². The summed E-state index contributed by atoms with van der Waals surface area (Å²) in [6.45, 7) is 3.70. The van der Waals surface area contributed by atoms with Crippen LogP contribution >= 0.6 is 11.3 Å². The van der Waals surface area contributed by atoms with E-state index in [1.54, 1.807) is 17.5 Å². The van der Waals surface area contributed by atoms with E-state index >= 15 is 0 Å². The highest BCUT2D eigenvalue weighted by molar-refractivity contribution is 7.19. The maximum absolute atomic E-state index is 11.7. The van der Waals surface area contributed by atoms with Gasteiger partial charge >= 0.3 is 0 Å². The number of carbonyl (C=O) groups is 1. The summed E-state index contributed by atoms with van der Waals surface area (Å²) in [5, 5.41) is 4.21. The number of aromatic nitrogens is 2. The molecule has 1 amide bonds. The molecule has 37 heavy (non-hydrogen) atoms. The van der Waals surface area contributed by atoms with Crippen molar-refractivity contribution in [2.24, 2.45) is 11.5 Å². The SMILES string of the molecule is NC(=O)[C@@H](N)C[C@H]1CCc2sc3nc(Nc4ncco4)cc(OC4CCC(N5CCOCC5)CC4)c3c21. The standard InChI is InChI=1S/C26H34N6O4S/c27-18(24(28)33)13-15-1-6-20-22(15)23-19(14-21(30-25(23)37-20)31-26-29-7-10-35-26)36-17-4-2-16(3-5-17)32-8-11-34-12-9-32/h7,10,14-18H,1-6,8-9,11-13,27H2,(H2,28,33)(H,29,30,31)/t15-,16?,17?,18+/m1/s1. The number of nitrogens with one attached hydrogen (secondary N) is 1. The Morgan fingerprint density at radius 3 is 2.78 bits per heavy atom. The van der Waals surface area contributed by atoms with Gasteiger partial charge in [0.1, 0.15) is 22.7 Å². The second-order valence-electron chi connectivity index (χ2n) is 10.3. The molecule has 6 rings (SSSR count). The van der Waals surface area contributed by atoms with Gasteiger partial charge in [-0.1, -0.05) is 0 Å². The summed E-state index contributed by atoms with van der Waals surface area (Å²) < 4.78 is 17.7. The van der Waals surface area contributed by atoms with Gasteiger partial charge in [-0.25, -0.2) is 9.97 Å². The van der Waals surface area contributed by atoms with Crippen molar-refractivity contribution in [1.29, 1.82) is 0 Å². The van der Waals surface area contributed by atoms with Gasteiger partial charge in [-0.15, -0.1) is 11.3 Å². The van der Waals surface area contributed by atoms with Crippen LogP contribution in [0.15, 0.2) is 22.9 Å². The van der Waals surface area contributed by atoms with Crippen LogP contribution in [0, 0.1) is 0 Å². The summed E-state index contributed by atoms with van der Waals surface area (Å²) >= 11 is 1.69. The summed E-state index contributed by atoms with van der Waals surface area (Å²) in [5.74, 6) is 1.17.